The number of ether oxygens (including phenoxy) is 1. The third kappa shape index (κ3) is 4.39. The van der Waals surface area contributed by atoms with Crippen molar-refractivity contribution in [3.05, 3.63) is 16.7 Å². The van der Waals surface area contributed by atoms with E-state index < -0.39 is 6.09 Å². The van der Waals surface area contributed by atoms with Crippen LogP contribution in [0.1, 0.15) is 43.0 Å². The van der Waals surface area contributed by atoms with Gasteiger partial charge in [0.15, 0.2) is 11.0 Å². The summed E-state index contributed by atoms with van der Waals surface area (Å²) in [6.07, 6.45) is 0.600. The Morgan fingerprint density at radius 3 is 2.83 bits per heavy atom. The summed E-state index contributed by atoms with van der Waals surface area (Å²) in [7, 11) is 0. The Balaban J connectivity index is 2.04. The van der Waals surface area contributed by atoms with Crippen LogP contribution in [0, 0.1) is 0 Å². The van der Waals surface area contributed by atoms with Crippen LogP contribution < -0.4 is 5.32 Å². The molecule has 0 spiro atoms. The zero-order valence-corrected chi connectivity index (χ0v) is 14.6. The van der Waals surface area contributed by atoms with Crippen molar-refractivity contribution in [2.45, 2.75) is 45.3 Å². The monoisotopic (exact) mass is 358 g/mol. The number of aromatic amines is 1. The Kier molecular flexibility index (Phi) is 6.44. The molecular weight excluding hydrogens is 336 g/mol. The second-order valence-corrected chi connectivity index (χ2v) is 6.07. The van der Waals surface area contributed by atoms with Gasteiger partial charge in [-0.15, -0.1) is 0 Å². The lowest BCUT2D eigenvalue weighted by molar-refractivity contribution is -0.0162. The van der Waals surface area contributed by atoms with Gasteiger partial charge in [-0.1, -0.05) is 25.4 Å². The summed E-state index contributed by atoms with van der Waals surface area (Å²) in [6.45, 7) is 4.99. The van der Waals surface area contributed by atoms with Crippen molar-refractivity contribution >= 4 is 23.6 Å². The van der Waals surface area contributed by atoms with Gasteiger partial charge in [-0.05, 0) is 19.3 Å². The van der Waals surface area contributed by atoms with Crippen molar-refractivity contribution in [3.8, 4) is 0 Å². The summed E-state index contributed by atoms with van der Waals surface area (Å²) in [5.41, 5.74) is 0.710. The molecule has 0 aliphatic carbocycles. The van der Waals surface area contributed by atoms with Gasteiger partial charge in [0.05, 0.1) is 24.4 Å². The molecule has 9 heteroatoms. The maximum atomic E-state index is 12.4. The topological polar surface area (TPSA) is 108 Å². The summed E-state index contributed by atoms with van der Waals surface area (Å²) < 4.78 is 5.74. The second-order valence-electron chi connectivity index (χ2n) is 5.71. The number of hydrogen-bond acceptors (Lipinski definition) is 4. The van der Waals surface area contributed by atoms with Gasteiger partial charge in [-0.25, -0.2) is 9.78 Å². The molecule has 1 aliphatic rings. The number of rotatable bonds is 6. The number of likely N-dealkylation sites (tertiary alicyclic amines) is 1. The lowest BCUT2D eigenvalue weighted by Gasteiger charge is -2.37. The van der Waals surface area contributed by atoms with Crippen LogP contribution in [0.15, 0.2) is 0 Å². The Morgan fingerprint density at radius 2 is 2.25 bits per heavy atom. The van der Waals surface area contributed by atoms with Crippen LogP contribution in [-0.4, -0.2) is 63.8 Å². The predicted octanol–water partition coefficient (Wildman–Crippen LogP) is 1.90. The van der Waals surface area contributed by atoms with Crippen LogP contribution in [0.2, 0.25) is 5.15 Å². The van der Waals surface area contributed by atoms with Crippen molar-refractivity contribution in [1.82, 2.24) is 20.2 Å². The molecule has 24 heavy (non-hydrogen) atoms. The normalized spacial score (nSPS) is 20.9. The number of nitrogens with one attached hydrogen (secondary N) is 2. The summed E-state index contributed by atoms with van der Waals surface area (Å²) in [4.78, 5) is 31.8. The number of carboxylic acid groups (broad SMARTS) is 1. The summed E-state index contributed by atoms with van der Waals surface area (Å²) in [5, 5.41) is 12.3. The zero-order valence-electron chi connectivity index (χ0n) is 13.8. The Labute approximate surface area is 145 Å². The number of piperidine rings is 1. The number of halogens is 1. The Bertz CT molecular complexity index is 592. The van der Waals surface area contributed by atoms with E-state index in [9.17, 15) is 9.59 Å². The molecule has 0 aromatic carbocycles. The number of nitrogens with zero attached hydrogens (tertiary/aromatic N) is 2. The molecule has 8 nitrogen and oxygen atoms in total. The fourth-order valence-corrected chi connectivity index (χ4v) is 2.93. The lowest BCUT2D eigenvalue weighted by atomic mass is 10.0. The van der Waals surface area contributed by atoms with E-state index >= 15 is 0 Å². The minimum absolute atomic E-state index is 0.159. The number of amides is 2. The molecule has 0 saturated carbocycles. The van der Waals surface area contributed by atoms with E-state index in [4.69, 9.17) is 21.4 Å². The van der Waals surface area contributed by atoms with Crippen molar-refractivity contribution in [3.63, 3.8) is 0 Å². The molecule has 0 unspecified atom stereocenters. The molecule has 3 N–H and O–H groups in total. The van der Waals surface area contributed by atoms with Crippen LogP contribution in [0.3, 0.4) is 0 Å². The van der Waals surface area contributed by atoms with Gasteiger partial charge in [-0.2, -0.15) is 0 Å². The van der Waals surface area contributed by atoms with Crippen LogP contribution in [0.25, 0.3) is 0 Å². The molecule has 0 radical (unpaired) electrons. The molecule has 1 aliphatic heterocycles. The first-order valence-corrected chi connectivity index (χ1v) is 8.48. The van der Waals surface area contributed by atoms with E-state index in [0.29, 0.717) is 36.8 Å². The maximum absolute atomic E-state index is 12.4. The van der Waals surface area contributed by atoms with Crippen molar-refractivity contribution in [2.75, 3.05) is 19.7 Å². The summed E-state index contributed by atoms with van der Waals surface area (Å²) in [5.74, 6) is -0.206. The maximum Gasteiger partial charge on any atom is 0.407 e. The summed E-state index contributed by atoms with van der Waals surface area (Å²) in [6, 6.07) is -0.270. The highest BCUT2D eigenvalue weighted by Crippen LogP contribution is 2.17. The second kappa shape index (κ2) is 8.34. The molecule has 1 aromatic heterocycles. The number of H-pyrrole nitrogens is 1. The molecule has 1 aromatic rings. The first-order chi connectivity index (χ1) is 11.5. The highest BCUT2D eigenvalue weighted by molar-refractivity contribution is 6.30. The highest BCUT2D eigenvalue weighted by Gasteiger charge is 2.33. The molecule has 1 fully saturated rings. The van der Waals surface area contributed by atoms with Gasteiger partial charge in [0.25, 0.3) is 5.91 Å². The molecule has 1 saturated heterocycles. The van der Waals surface area contributed by atoms with Gasteiger partial charge in [0, 0.05) is 13.2 Å². The molecule has 2 rings (SSSR count). The van der Waals surface area contributed by atoms with Crippen molar-refractivity contribution < 1.29 is 19.4 Å². The highest BCUT2D eigenvalue weighted by atomic mass is 35.5. The minimum Gasteiger partial charge on any atom is -0.465 e. The molecule has 2 atom stereocenters. The van der Waals surface area contributed by atoms with Crippen LogP contribution in [0.5, 0.6) is 0 Å². The van der Waals surface area contributed by atoms with E-state index in [1.165, 1.54) is 4.90 Å². The van der Waals surface area contributed by atoms with Gasteiger partial charge in [0.2, 0.25) is 0 Å². The van der Waals surface area contributed by atoms with Crippen molar-refractivity contribution in [2.24, 2.45) is 0 Å². The number of aromatic nitrogens is 2. The van der Waals surface area contributed by atoms with Crippen LogP contribution in [-0.2, 0) is 11.2 Å². The number of carbonyl (C=O) groups is 2. The lowest BCUT2D eigenvalue weighted by Crippen LogP contribution is -2.56. The predicted molar refractivity (Wildman–Crippen MR) is 88.5 cm³/mol. The molecule has 0 bridgehead atoms. The number of hydrogen-bond donors (Lipinski definition) is 3. The Morgan fingerprint density at radius 1 is 1.50 bits per heavy atom. The fourth-order valence-electron chi connectivity index (χ4n) is 2.66. The minimum atomic E-state index is -0.977. The van der Waals surface area contributed by atoms with Crippen LogP contribution in [0.4, 0.5) is 4.79 Å². The first kappa shape index (κ1) is 18.5. The number of aryl methyl sites for hydroxylation is 1. The third-order valence-corrected chi connectivity index (χ3v) is 4.29. The van der Waals surface area contributed by atoms with E-state index in [1.54, 1.807) is 0 Å². The van der Waals surface area contributed by atoms with E-state index in [2.05, 4.69) is 15.3 Å². The van der Waals surface area contributed by atoms with E-state index in [0.717, 1.165) is 6.42 Å². The third-order valence-electron chi connectivity index (χ3n) is 3.98. The first-order valence-electron chi connectivity index (χ1n) is 8.10. The van der Waals surface area contributed by atoms with Gasteiger partial charge in [-0.3, -0.25) is 4.79 Å². The molecular formula is C15H23ClN4O4. The average Bonchev–Trinajstić information content (AvgIpc) is 2.94. The standard InChI is InChI=1S/C15H23ClN4O4/c1-3-7-24-11-8-20(15(22)23)6-5-10(11)18-14(21)13-17-9(4-2)12(16)19-13/h10-11H,3-8H2,1-2H3,(H,17,19)(H,18,21)(H,22,23)/t10-,11+/m1/s1. The molecule has 2 amide bonds. The number of imidazole rings is 1. The van der Waals surface area contributed by atoms with Gasteiger partial charge in [0.1, 0.15) is 0 Å². The molecule has 2 heterocycles. The number of carbonyl (C=O) groups excluding carboxylic acids is 1. The van der Waals surface area contributed by atoms with Gasteiger partial charge < -0.3 is 25.0 Å². The smallest absolute Gasteiger partial charge is 0.407 e. The van der Waals surface area contributed by atoms with E-state index in [-0.39, 0.29) is 30.4 Å². The Hall–Kier alpha value is -1.80. The van der Waals surface area contributed by atoms with Gasteiger partial charge >= 0.3 is 6.09 Å². The zero-order chi connectivity index (χ0) is 17.7. The van der Waals surface area contributed by atoms with Crippen molar-refractivity contribution in [1.29, 1.82) is 0 Å². The quantitative estimate of drug-likeness (QED) is 0.719. The molecule has 134 valence electrons. The van der Waals surface area contributed by atoms with E-state index in [1.807, 2.05) is 13.8 Å². The largest absolute Gasteiger partial charge is 0.465 e. The summed E-state index contributed by atoms with van der Waals surface area (Å²) >= 11 is 5.96. The van der Waals surface area contributed by atoms with Crippen LogP contribution >= 0.6 is 11.6 Å². The fraction of sp³-hybridized carbons (Fsp3) is 0.667. The average molecular weight is 359 g/mol. The SMILES string of the molecule is CCCO[C@H]1CN(C(=O)O)CC[C@H]1NC(=O)c1nc(Cl)c(CC)[nH]1.